The molecule has 0 atom stereocenters. The van der Waals surface area contributed by atoms with Gasteiger partial charge in [-0.1, -0.05) is 24.3 Å². The lowest BCUT2D eigenvalue weighted by atomic mass is 10.1. The summed E-state index contributed by atoms with van der Waals surface area (Å²) in [6.45, 7) is 0. The largest absolute Gasteiger partial charge is 0.504 e. The number of phenols is 2. The van der Waals surface area contributed by atoms with Gasteiger partial charge in [-0.05, 0) is 18.2 Å². The topological polar surface area (TPSA) is 85.5 Å². The second-order valence-corrected chi connectivity index (χ2v) is 4.79. The smallest absolute Gasteiger partial charge is 0.279 e. The fourth-order valence-electron chi connectivity index (χ4n) is 2.25. The fourth-order valence-corrected chi connectivity index (χ4v) is 2.25. The molecule has 0 spiro atoms. The van der Waals surface area contributed by atoms with Crippen LogP contribution in [-0.2, 0) is 4.79 Å². The summed E-state index contributed by atoms with van der Waals surface area (Å²) < 4.78 is 0. The number of hydrogen-bond donors (Lipinski definition) is 2. The van der Waals surface area contributed by atoms with Gasteiger partial charge < -0.3 is 15.1 Å². The quantitative estimate of drug-likeness (QED) is 0.504. The average molecular weight is 295 g/mol. The van der Waals surface area contributed by atoms with Crippen LogP contribution in [0, 0.1) is 0 Å². The number of anilines is 1. The van der Waals surface area contributed by atoms with Gasteiger partial charge in [0.2, 0.25) is 0 Å². The molecule has 0 saturated heterocycles. The maximum Gasteiger partial charge on any atom is 0.279 e. The first-order valence-corrected chi connectivity index (χ1v) is 6.59. The molecule has 6 nitrogen and oxygen atoms in total. The first kappa shape index (κ1) is 13.8. The number of fused-ring (bicyclic) bond motifs is 1. The highest BCUT2D eigenvalue weighted by Gasteiger charge is 2.30. The normalized spacial score (nSPS) is 15.8. The van der Waals surface area contributed by atoms with Gasteiger partial charge in [0.1, 0.15) is 0 Å². The summed E-state index contributed by atoms with van der Waals surface area (Å²) >= 11 is 0. The summed E-state index contributed by atoms with van der Waals surface area (Å²) in [4.78, 5) is 13.7. The molecule has 2 N–H and O–H groups in total. The van der Waals surface area contributed by atoms with Crippen LogP contribution >= 0.6 is 0 Å². The SMILES string of the molecule is CN1C(=O)/C(=N\N=C/c2cccc(O)c2O)c2ccccc21. The molecule has 0 fully saturated rings. The molecule has 0 aromatic heterocycles. The molecule has 0 saturated carbocycles. The Morgan fingerprint density at radius 3 is 2.68 bits per heavy atom. The molecule has 2 aromatic rings. The minimum Gasteiger partial charge on any atom is -0.504 e. The van der Waals surface area contributed by atoms with Crippen molar-refractivity contribution in [3.63, 3.8) is 0 Å². The number of phenolic OH excluding ortho intramolecular Hbond substituents is 2. The van der Waals surface area contributed by atoms with E-state index >= 15 is 0 Å². The van der Waals surface area contributed by atoms with Crippen LogP contribution in [0.3, 0.4) is 0 Å². The Balaban J connectivity index is 1.95. The van der Waals surface area contributed by atoms with Gasteiger partial charge >= 0.3 is 0 Å². The van der Waals surface area contributed by atoms with Crippen molar-refractivity contribution in [2.45, 2.75) is 0 Å². The number of para-hydroxylation sites is 2. The van der Waals surface area contributed by atoms with E-state index in [9.17, 15) is 15.0 Å². The predicted octanol–water partition coefficient (Wildman–Crippen LogP) is 1.90. The van der Waals surface area contributed by atoms with Crippen LogP contribution in [0.5, 0.6) is 11.5 Å². The Morgan fingerprint density at radius 1 is 1.09 bits per heavy atom. The van der Waals surface area contributed by atoms with E-state index in [4.69, 9.17) is 0 Å². The third-order valence-electron chi connectivity index (χ3n) is 3.43. The van der Waals surface area contributed by atoms with E-state index in [1.54, 1.807) is 25.2 Å². The molecular formula is C16H13N3O3. The van der Waals surface area contributed by atoms with E-state index in [-0.39, 0.29) is 23.1 Å². The van der Waals surface area contributed by atoms with Crippen LogP contribution in [0.1, 0.15) is 11.1 Å². The minimum atomic E-state index is -0.276. The number of nitrogens with zero attached hydrogens (tertiary/aromatic N) is 3. The fraction of sp³-hybridized carbons (Fsp3) is 0.0625. The van der Waals surface area contributed by atoms with Crippen molar-refractivity contribution in [3.8, 4) is 11.5 Å². The molecule has 1 amide bonds. The molecular weight excluding hydrogens is 282 g/mol. The van der Waals surface area contributed by atoms with Crippen LogP contribution in [0.2, 0.25) is 0 Å². The molecule has 3 rings (SSSR count). The minimum absolute atomic E-state index is 0.237. The summed E-state index contributed by atoms with van der Waals surface area (Å²) in [5.41, 5.74) is 2.05. The summed E-state index contributed by atoms with van der Waals surface area (Å²) in [6, 6.07) is 11.8. The van der Waals surface area contributed by atoms with Gasteiger partial charge in [-0.2, -0.15) is 5.10 Å². The Morgan fingerprint density at radius 2 is 1.86 bits per heavy atom. The number of carbonyl (C=O) groups excluding carboxylic acids is 1. The number of amides is 1. The molecule has 110 valence electrons. The molecule has 0 unspecified atom stereocenters. The van der Waals surface area contributed by atoms with E-state index in [0.29, 0.717) is 11.1 Å². The van der Waals surface area contributed by atoms with Crippen molar-refractivity contribution in [1.29, 1.82) is 0 Å². The number of likely N-dealkylation sites (N-methyl/N-ethyl adjacent to an activating group) is 1. The molecule has 0 aliphatic carbocycles. The van der Waals surface area contributed by atoms with Crippen molar-refractivity contribution in [2.24, 2.45) is 10.2 Å². The molecule has 0 bridgehead atoms. The molecule has 1 heterocycles. The van der Waals surface area contributed by atoms with Gasteiger partial charge in [-0.25, -0.2) is 0 Å². The zero-order valence-electron chi connectivity index (χ0n) is 11.8. The number of rotatable bonds is 2. The molecule has 22 heavy (non-hydrogen) atoms. The first-order chi connectivity index (χ1) is 10.6. The van der Waals surface area contributed by atoms with Crippen molar-refractivity contribution in [3.05, 3.63) is 53.6 Å². The number of aromatic hydroxyl groups is 2. The highest BCUT2D eigenvalue weighted by atomic mass is 16.3. The average Bonchev–Trinajstić information content (AvgIpc) is 2.77. The van der Waals surface area contributed by atoms with E-state index in [1.807, 2.05) is 18.2 Å². The van der Waals surface area contributed by atoms with Crippen molar-refractivity contribution < 1.29 is 15.0 Å². The molecule has 0 radical (unpaired) electrons. The van der Waals surface area contributed by atoms with Gasteiger partial charge in [-0.15, -0.1) is 5.10 Å². The molecule has 1 aliphatic rings. The Hall–Kier alpha value is -3.15. The summed E-state index contributed by atoms with van der Waals surface area (Å²) in [6.07, 6.45) is 1.29. The maximum absolute atomic E-state index is 12.2. The first-order valence-electron chi connectivity index (χ1n) is 6.59. The van der Waals surface area contributed by atoms with Crippen molar-refractivity contribution in [1.82, 2.24) is 0 Å². The number of benzene rings is 2. The molecule has 6 heteroatoms. The van der Waals surface area contributed by atoms with Gasteiger partial charge in [-0.3, -0.25) is 4.79 Å². The maximum atomic E-state index is 12.2. The zero-order valence-corrected chi connectivity index (χ0v) is 11.8. The van der Waals surface area contributed by atoms with E-state index in [2.05, 4.69) is 10.2 Å². The van der Waals surface area contributed by atoms with Crippen LogP contribution in [-0.4, -0.2) is 35.1 Å². The van der Waals surface area contributed by atoms with Gasteiger partial charge in [0.15, 0.2) is 17.2 Å². The summed E-state index contributed by atoms with van der Waals surface area (Å²) in [5.74, 6) is -0.751. The van der Waals surface area contributed by atoms with Gasteiger partial charge in [0, 0.05) is 18.2 Å². The van der Waals surface area contributed by atoms with Crippen LogP contribution in [0.4, 0.5) is 5.69 Å². The Labute approximate surface area is 126 Å². The molecule has 1 aliphatic heterocycles. The lowest BCUT2D eigenvalue weighted by molar-refractivity contribution is -0.111. The summed E-state index contributed by atoms with van der Waals surface area (Å²) in [5, 5.41) is 26.9. The highest BCUT2D eigenvalue weighted by Crippen LogP contribution is 2.28. The second-order valence-electron chi connectivity index (χ2n) is 4.79. The van der Waals surface area contributed by atoms with Gasteiger partial charge in [0.05, 0.1) is 11.9 Å². The standard InChI is InChI=1S/C16H13N3O3/c1-19-12-7-3-2-6-11(12)14(16(19)22)18-17-9-10-5-4-8-13(20)15(10)21/h2-9,20-21H,1H3/b17-9-,18-14-. The second kappa shape index (κ2) is 5.33. The lowest BCUT2D eigenvalue weighted by Gasteiger charge is -2.07. The van der Waals surface area contributed by atoms with Crippen molar-refractivity contribution >= 4 is 23.5 Å². The monoisotopic (exact) mass is 295 g/mol. The zero-order chi connectivity index (χ0) is 15.7. The van der Waals surface area contributed by atoms with Crippen LogP contribution in [0.15, 0.2) is 52.7 Å². The van der Waals surface area contributed by atoms with E-state index in [1.165, 1.54) is 17.2 Å². The predicted molar refractivity (Wildman–Crippen MR) is 83.8 cm³/mol. The summed E-state index contributed by atoms with van der Waals surface area (Å²) in [7, 11) is 1.68. The highest BCUT2D eigenvalue weighted by molar-refractivity contribution is 6.54. The Kier molecular flexibility index (Phi) is 3.34. The van der Waals surface area contributed by atoms with Crippen molar-refractivity contribution in [2.75, 3.05) is 11.9 Å². The number of hydrogen-bond acceptors (Lipinski definition) is 5. The Bertz CT molecular complexity index is 812. The van der Waals surface area contributed by atoms with E-state index < -0.39 is 0 Å². The van der Waals surface area contributed by atoms with Gasteiger partial charge in [0.25, 0.3) is 5.91 Å². The van der Waals surface area contributed by atoms with Crippen LogP contribution in [0.25, 0.3) is 0 Å². The molecule has 2 aromatic carbocycles. The lowest BCUT2D eigenvalue weighted by Crippen LogP contribution is -2.25. The third-order valence-corrected chi connectivity index (χ3v) is 3.43. The number of carbonyl (C=O) groups is 1. The third kappa shape index (κ3) is 2.20. The van der Waals surface area contributed by atoms with E-state index in [0.717, 1.165) is 5.69 Å². The van der Waals surface area contributed by atoms with Crippen LogP contribution < -0.4 is 4.90 Å².